The highest BCUT2D eigenvalue weighted by atomic mass is 32.1. The molecule has 0 radical (unpaired) electrons. The summed E-state index contributed by atoms with van der Waals surface area (Å²) >= 11 is 1.62. The van der Waals surface area contributed by atoms with E-state index in [1.54, 1.807) is 22.6 Å². The number of hydrogen-bond acceptors (Lipinski definition) is 7. The van der Waals surface area contributed by atoms with Gasteiger partial charge in [-0.2, -0.15) is 0 Å². The zero-order valence-electron chi connectivity index (χ0n) is 21.4. The standard InChI is InChI=1S/C29H32N4O3S/c1-29(2,3)36-28(34)33-15-14-22-24(16-33)37-27-25(22)26(30-19-31-27)32-23(21-12-8-5-9-13-21)18-35-17-20-10-6-4-7-11-20/h4-13,19,23H,14-18H2,1-3H3,(H,30,31,32)/t23-/m1/s1. The molecule has 0 saturated heterocycles. The Hall–Kier alpha value is -3.49. The number of ether oxygens (including phenoxy) is 2. The third kappa shape index (κ3) is 6.09. The van der Waals surface area contributed by atoms with E-state index in [0.29, 0.717) is 26.3 Å². The minimum atomic E-state index is -0.519. The zero-order chi connectivity index (χ0) is 25.8. The quantitative estimate of drug-likeness (QED) is 0.308. The lowest BCUT2D eigenvalue weighted by Gasteiger charge is -2.30. The van der Waals surface area contributed by atoms with Gasteiger partial charge in [-0.15, -0.1) is 11.3 Å². The van der Waals surface area contributed by atoms with Crippen molar-refractivity contribution in [3.05, 3.63) is 88.6 Å². The number of fused-ring (bicyclic) bond motifs is 3. The van der Waals surface area contributed by atoms with Crippen molar-refractivity contribution in [3.63, 3.8) is 0 Å². The highest BCUT2D eigenvalue weighted by Gasteiger charge is 2.29. The fraction of sp³-hybridized carbons (Fsp3) is 0.345. The van der Waals surface area contributed by atoms with Crippen LogP contribution in [-0.2, 0) is 29.0 Å². The van der Waals surface area contributed by atoms with E-state index in [1.807, 2.05) is 57.2 Å². The number of nitrogens with zero attached hydrogens (tertiary/aromatic N) is 3. The van der Waals surface area contributed by atoms with Crippen molar-refractivity contribution in [1.82, 2.24) is 14.9 Å². The Bertz CT molecular complexity index is 1350. The molecule has 1 aliphatic rings. The van der Waals surface area contributed by atoms with Crippen molar-refractivity contribution in [1.29, 1.82) is 0 Å². The average Bonchev–Trinajstić information content (AvgIpc) is 3.27. The number of benzene rings is 2. The molecule has 4 aromatic rings. The molecule has 0 saturated carbocycles. The minimum Gasteiger partial charge on any atom is -0.444 e. The van der Waals surface area contributed by atoms with Gasteiger partial charge in [0, 0.05) is 11.4 Å². The Labute approximate surface area is 221 Å². The molecule has 2 aromatic heterocycles. The summed E-state index contributed by atoms with van der Waals surface area (Å²) in [6.07, 6.45) is 2.06. The predicted molar refractivity (Wildman–Crippen MR) is 147 cm³/mol. The van der Waals surface area contributed by atoms with Gasteiger partial charge < -0.3 is 19.7 Å². The molecule has 0 unspecified atom stereocenters. The van der Waals surface area contributed by atoms with Crippen LogP contribution in [0.2, 0.25) is 0 Å². The third-order valence-electron chi connectivity index (χ3n) is 6.20. The van der Waals surface area contributed by atoms with Gasteiger partial charge in [0.15, 0.2) is 0 Å². The predicted octanol–water partition coefficient (Wildman–Crippen LogP) is 6.35. The number of amides is 1. The maximum Gasteiger partial charge on any atom is 0.410 e. The summed E-state index contributed by atoms with van der Waals surface area (Å²) in [5.41, 5.74) is 2.96. The van der Waals surface area contributed by atoms with E-state index in [-0.39, 0.29) is 12.1 Å². The van der Waals surface area contributed by atoms with Crippen LogP contribution in [0.15, 0.2) is 67.0 Å². The number of rotatable bonds is 7. The number of carbonyl (C=O) groups excluding carboxylic acids is 1. The van der Waals surface area contributed by atoms with E-state index in [0.717, 1.165) is 38.5 Å². The Morgan fingerprint density at radius 2 is 1.81 bits per heavy atom. The molecule has 5 rings (SSSR count). The molecule has 7 nitrogen and oxygen atoms in total. The normalized spacial score (nSPS) is 14.3. The van der Waals surface area contributed by atoms with Crippen LogP contribution in [0.1, 0.15) is 48.4 Å². The van der Waals surface area contributed by atoms with Crippen LogP contribution >= 0.6 is 11.3 Å². The summed E-state index contributed by atoms with van der Waals surface area (Å²) in [6.45, 7) is 7.82. The Kier molecular flexibility index (Phi) is 7.39. The minimum absolute atomic E-state index is 0.0829. The molecule has 1 amide bonds. The lowest BCUT2D eigenvalue weighted by atomic mass is 10.0. The first-order valence-electron chi connectivity index (χ1n) is 12.5. The van der Waals surface area contributed by atoms with Crippen LogP contribution in [0.4, 0.5) is 10.6 Å². The molecule has 3 heterocycles. The van der Waals surface area contributed by atoms with Crippen molar-refractivity contribution >= 4 is 33.5 Å². The van der Waals surface area contributed by atoms with E-state index < -0.39 is 5.60 Å². The molecule has 1 aliphatic heterocycles. The van der Waals surface area contributed by atoms with Gasteiger partial charge in [-0.25, -0.2) is 14.8 Å². The van der Waals surface area contributed by atoms with Gasteiger partial charge in [-0.1, -0.05) is 60.7 Å². The van der Waals surface area contributed by atoms with Crippen LogP contribution in [0.5, 0.6) is 0 Å². The monoisotopic (exact) mass is 516 g/mol. The topological polar surface area (TPSA) is 76.6 Å². The number of aromatic nitrogens is 2. The van der Waals surface area contributed by atoms with Crippen LogP contribution in [0, 0.1) is 0 Å². The molecule has 0 aliphatic carbocycles. The Balaban J connectivity index is 1.38. The van der Waals surface area contributed by atoms with Gasteiger partial charge in [-0.05, 0) is 43.9 Å². The maximum absolute atomic E-state index is 12.7. The lowest BCUT2D eigenvalue weighted by molar-refractivity contribution is 0.0227. The number of thiophene rings is 1. The van der Waals surface area contributed by atoms with Gasteiger partial charge in [0.1, 0.15) is 22.6 Å². The summed E-state index contributed by atoms with van der Waals surface area (Å²) in [4.78, 5) is 25.7. The van der Waals surface area contributed by atoms with Crippen LogP contribution in [0.25, 0.3) is 10.2 Å². The second kappa shape index (κ2) is 10.9. The maximum atomic E-state index is 12.7. The number of nitrogens with one attached hydrogen (secondary N) is 1. The van der Waals surface area contributed by atoms with E-state index in [2.05, 4.69) is 39.6 Å². The van der Waals surface area contributed by atoms with Crippen LogP contribution < -0.4 is 5.32 Å². The summed E-state index contributed by atoms with van der Waals surface area (Å²) in [7, 11) is 0. The fourth-order valence-electron chi connectivity index (χ4n) is 4.46. The first kappa shape index (κ1) is 25.2. The van der Waals surface area contributed by atoms with Crippen molar-refractivity contribution in [2.24, 2.45) is 0 Å². The van der Waals surface area contributed by atoms with E-state index in [1.165, 1.54) is 5.56 Å². The Morgan fingerprint density at radius 3 is 2.54 bits per heavy atom. The second-order valence-corrected chi connectivity index (χ2v) is 11.3. The smallest absolute Gasteiger partial charge is 0.410 e. The first-order chi connectivity index (χ1) is 17.9. The summed E-state index contributed by atoms with van der Waals surface area (Å²) in [5.74, 6) is 0.797. The molecule has 0 spiro atoms. The highest BCUT2D eigenvalue weighted by Crippen LogP contribution is 2.38. The van der Waals surface area contributed by atoms with E-state index >= 15 is 0 Å². The van der Waals surface area contributed by atoms with Gasteiger partial charge >= 0.3 is 6.09 Å². The number of hydrogen-bond donors (Lipinski definition) is 1. The van der Waals surface area contributed by atoms with Crippen molar-refractivity contribution < 1.29 is 14.3 Å². The van der Waals surface area contributed by atoms with Crippen LogP contribution in [0.3, 0.4) is 0 Å². The third-order valence-corrected chi connectivity index (χ3v) is 7.32. The molecule has 2 aromatic carbocycles. The van der Waals surface area contributed by atoms with Gasteiger partial charge in [0.2, 0.25) is 0 Å². The van der Waals surface area contributed by atoms with Gasteiger partial charge in [-0.3, -0.25) is 0 Å². The van der Waals surface area contributed by atoms with Crippen molar-refractivity contribution in [3.8, 4) is 0 Å². The van der Waals surface area contributed by atoms with E-state index in [4.69, 9.17) is 9.47 Å². The zero-order valence-corrected chi connectivity index (χ0v) is 22.3. The summed E-state index contributed by atoms with van der Waals surface area (Å²) < 4.78 is 11.7. The second-order valence-electron chi connectivity index (χ2n) is 10.2. The molecule has 37 heavy (non-hydrogen) atoms. The van der Waals surface area contributed by atoms with Crippen LogP contribution in [-0.4, -0.2) is 39.7 Å². The number of carbonyl (C=O) groups is 1. The Morgan fingerprint density at radius 1 is 1.08 bits per heavy atom. The van der Waals surface area contributed by atoms with E-state index in [9.17, 15) is 4.79 Å². The molecule has 192 valence electrons. The molecule has 0 bridgehead atoms. The molecular weight excluding hydrogens is 484 g/mol. The summed E-state index contributed by atoms with van der Waals surface area (Å²) in [5, 5.41) is 4.69. The average molecular weight is 517 g/mol. The van der Waals surface area contributed by atoms with Gasteiger partial charge in [0.05, 0.1) is 31.2 Å². The number of anilines is 1. The molecule has 8 heteroatoms. The lowest BCUT2D eigenvalue weighted by Crippen LogP contribution is -2.39. The van der Waals surface area contributed by atoms with Gasteiger partial charge in [0.25, 0.3) is 0 Å². The summed E-state index contributed by atoms with van der Waals surface area (Å²) in [6, 6.07) is 20.4. The highest BCUT2D eigenvalue weighted by molar-refractivity contribution is 7.19. The first-order valence-corrected chi connectivity index (χ1v) is 13.4. The van der Waals surface area contributed by atoms with Crippen molar-refractivity contribution in [2.75, 3.05) is 18.5 Å². The molecule has 1 atom stereocenters. The molecular formula is C29H32N4O3S. The fourth-order valence-corrected chi connectivity index (χ4v) is 5.66. The largest absolute Gasteiger partial charge is 0.444 e. The molecule has 0 fully saturated rings. The molecule has 1 N–H and O–H groups in total. The SMILES string of the molecule is CC(C)(C)OC(=O)N1CCc2c(sc3ncnc(N[C@H](COCc4ccccc4)c4ccccc4)c23)C1. The van der Waals surface area contributed by atoms with Crippen molar-refractivity contribution in [2.45, 2.75) is 52.0 Å².